The number of ether oxygens (including phenoxy) is 1. The lowest BCUT2D eigenvalue weighted by Crippen LogP contribution is -2.43. The van der Waals surface area contributed by atoms with E-state index in [4.69, 9.17) is 9.84 Å². The van der Waals surface area contributed by atoms with Crippen molar-refractivity contribution in [1.82, 2.24) is 4.90 Å². The van der Waals surface area contributed by atoms with E-state index >= 15 is 0 Å². The largest absolute Gasteiger partial charge is 0.481 e. The van der Waals surface area contributed by atoms with Gasteiger partial charge in [0.15, 0.2) is 0 Å². The summed E-state index contributed by atoms with van der Waals surface area (Å²) in [7, 11) is 0. The highest BCUT2D eigenvalue weighted by Crippen LogP contribution is 2.52. The molecule has 0 amide bonds. The summed E-state index contributed by atoms with van der Waals surface area (Å²) in [5.41, 5.74) is 1.62. The standard InChI is InChI=1S/C20H27NO4/c1-3-20(19(24)25-4-2)12-16-9-10-17(20)21(16)13-15-7-5-14(6-8-15)11-18(22)23/h5-8,16-17H,3-4,9-13H2,1-2H3,(H,22,23)/t16-,17+,20+/m1/s1. The van der Waals surface area contributed by atoms with Crippen LogP contribution < -0.4 is 0 Å². The van der Waals surface area contributed by atoms with Gasteiger partial charge in [-0.3, -0.25) is 14.5 Å². The second kappa shape index (κ2) is 7.16. The predicted molar refractivity (Wildman–Crippen MR) is 94.1 cm³/mol. The predicted octanol–water partition coefficient (Wildman–Crippen LogP) is 3.01. The van der Waals surface area contributed by atoms with Crippen LogP contribution in [0.5, 0.6) is 0 Å². The smallest absolute Gasteiger partial charge is 0.313 e. The van der Waals surface area contributed by atoms with Crippen molar-refractivity contribution in [3.63, 3.8) is 0 Å². The molecule has 25 heavy (non-hydrogen) atoms. The summed E-state index contributed by atoms with van der Waals surface area (Å²) in [5.74, 6) is -0.848. The Bertz CT molecular complexity index is 642. The van der Waals surface area contributed by atoms with E-state index in [9.17, 15) is 9.59 Å². The van der Waals surface area contributed by atoms with Gasteiger partial charge in [0.25, 0.3) is 0 Å². The highest BCUT2D eigenvalue weighted by atomic mass is 16.5. The van der Waals surface area contributed by atoms with Crippen LogP contribution in [0, 0.1) is 5.41 Å². The van der Waals surface area contributed by atoms with Gasteiger partial charge in [0.1, 0.15) is 0 Å². The highest BCUT2D eigenvalue weighted by molar-refractivity contribution is 5.78. The third kappa shape index (κ3) is 3.30. The molecular weight excluding hydrogens is 318 g/mol. The van der Waals surface area contributed by atoms with Crippen LogP contribution in [0.15, 0.2) is 24.3 Å². The summed E-state index contributed by atoms with van der Waals surface area (Å²) < 4.78 is 5.40. The van der Waals surface area contributed by atoms with Crippen molar-refractivity contribution in [1.29, 1.82) is 0 Å². The maximum Gasteiger partial charge on any atom is 0.313 e. The molecule has 0 unspecified atom stereocenters. The Morgan fingerprint density at radius 2 is 1.88 bits per heavy atom. The molecule has 1 aromatic rings. The maximum atomic E-state index is 12.6. The highest BCUT2D eigenvalue weighted by Gasteiger charge is 2.59. The number of hydrogen-bond donors (Lipinski definition) is 1. The molecule has 2 heterocycles. The van der Waals surface area contributed by atoms with Crippen LogP contribution in [0.25, 0.3) is 0 Å². The number of nitrogens with zero attached hydrogens (tertiary/aromatic N) is 1. The average molecular weight is 345 g/mol. The zero-order valence-corrected chi connectivity index (χ0v) is 15.0. The molecule has 136 valence electrons. The quantitative estimate of drug-likeness (QED) is 0.770. The van der Waals surface area contributed by atoms with Gasteiger partial charge in [-0.2, -0.15) is 0 Å². The van der Waals surface area contributed by atoms with Gasteiger partial charge in [0, 0.05) is 18.6 Å². The number of aliphatic carboxylic acids is 1. The van der Waals surface area contributed by atoms with E-state index in [2.05, 4.69) is 11.8 Å². The summed E-state index contributed by atoms with van der Waals surface area (Å²) in [6.07, 6.45) is 3.96. The lowest BCUT2D eigenvalue weighted by molar-refractivity contribution is -0.158. The maximum absolute atomic E-state index is 12.6. The third-order valence-corrected chi connectivity index (χ3v) is 5.94. The molecule has 5 nitrogen and oxygen atoms in total. The van der Waals surface area contributed by atoms with E-state index in [-0.39, 0.29) is 23.8 Å². The molecule has 2 fully saturated rings. The van der Waals surface area contributed by atoms with Crippen LogP contribution in [0.2, 0.25) is 0 Å². The SMILES string of the molecule is CCOC(=O)[C@@]1(CC)C[C@H]2CC[C@@H]1N2Cc1ccc(CC(=O)O)cc1. The van der Waals surface area contributed by atoms with Crippen LogP contribution in [0.1, 0.15) is 50.7 Å². The molecule has 2 aliphatic rings. The van der Waals surface area contributed by atoms with Gasteiger partial charge in [-0.15, -0.1) is 0 Å². The van der Waals surface area contributed by atoms with Crippen LogP contribution in [0.4, 0.5) is 0 Å². The zero-order valence-electron chi connectivity index (χ0n) is 15.0. The molecule has 0 saturated carbocycles. The van der Waals surface area contributed by atoms with Gasteiger partial charge < -0.3 is 9.84 Å². The first-order valence-corrected chi connectivity index (χ1v) is 9.22. The molecule has 0 aliphatic carbocycles. The molecule has 2 aliphatic heterocycles. The number of hydrogen-bond acceptors (Lipinski definition) is 4. The normalized spacial score (nSPS) is 28.2. The van der Waals surface area contributed by atoms with Crippen LogP contribution in [-0.2, 0) is 27.3 Å². The zero-order chi connectivity index (χ0) is 18.0. The summed E-state index contributed by atoms with van der Waals surface area (Å²) in [6.45, 7) is 5.20. The Morgan fingerprint density at radius 1 is 1.20 bits per heavy atom. The molecule has 2 saturated heterocycles. The number of benzene rings is 1. The first-order chi connectivity index (χ1) is 12.0. The Labute approximate surface area is 149 Å². The summed E-state index contributed by atoms with van der Waals surface area (Å²) in [6, 6.07) is 8.48. The lowest BCUT2D eigenvalue weighted by Gasteiger charge is -2.34. The third-order valence-electron chi connectivity index (χ3n) is 5.94. The molecule has 0 spiro atoms. The van der Waals surface area contributed by atoms with Crippen LogP contribution in [0.3, 0.4) is 0 Å². The number of carbonyl (C=O) groups is 2. The number of carboxylic acid groups (broad SMARTS) is 1. The Balaban J connectivity index is 1.73. The minimum absolute atomic E-state index is 0.0356. The molecule has 0 aromatic heterocycles. The van der Waals surface area contributed by atoms with E-state index in [0.29, 0.717) is 12.6 Å². The van der Waals surface area contributed by atoms with E-state index in [1.807, 2.05) is 31.2 Å². The van der Waals surface area contributed by atoms with Crippen molar-refractivity contribution >= 4 is 11.9 Å². The topological polar surface area (TPSA) is 66.8 Å². The Morgan fingerprint density at radius 3 is 2.48 bits per heavy atom. The van der Waals surface area contributed by atoms with Gasteiger partial charge in [-0.25, -0.2) is 0 Å². The van der Waals surface area contributed by atoms with Crippen molar-refractivity contribution in [3.8, 4) is 0 Å². The summed E-state index contributed by atoms with van der Waals surface area (Å²) in [5, 5.41) is 8.87. The van der Waals surface area contributed by atoms with Crippen LogP contribution >= 0.6 is 0 Å². The minimum Gasteiger partial charge on any atom is -0.481 e. The molecule has 3 rings (SSSR count). The fourth-order valence-corrected chi connectivity index (χ4v) is 4.71. The lowest BCUT2D eigenvalue weighted by atomic mass is 9.72. The average Bonchev–Trinajstić information content (AvgIpc) is 3.11. The fraction of sp³-hybridized carbons (Fsp3) is 0.600. The van der Waals surface area contributed by atoms with Crippen molar-refractivity contribution in [3.05, 3.63) is 35.4 Å². The van der Waals surface area contributed by atoms with Crippen molar-refractivity contribution in [2.45, 2.75) is 64.6 Å². The molecule has 5 heteroatoms. The molecule has 1 N–H and O–H groups in total. The minimum atomic E-state index is -0.812. The second-order valence-electron chi connectivity index (χ2n) is 7.24. The first kappa shape index (κ1) is 17.9. The number of carboxylic acids is 1. The van der Waals surface area contributed by atoms with Crippen molar-refractivity contribution in [2.75, 3.05) is 6.61 Å². The van der Waals surface area contributed by atoms with Gasteiger partial charge in [0.05, 0.1) is 18.4 Å². The van der Waals surface area contributed by atoms with Crippen molar-refractivity contribution in [2.24, 2.45) is 5.41 Å². The Kier molecular flexibility index (Phi) is 5.13. The Hall–Kier alpha value is -1.88. The second-order valence-corrected chi connectivity index (χ2v) is 7.24. The fourth-order valence-electron chi connectivity index (χ4n) is 4.71. The van der Waals surface area contributed by atoms with E-state index in [1.54, 1.807) is 0 Å². The molecule has 0 radical (unpaired) electrons. The molecular formula is C20H27NO4. The van der Waals surface area contributed by atoms with Gasteiger partial charge in [0.2, 0.25) is 0 Å². The molecule has 2 bridgehead atoms. The van der Waals surface area contributed by atoms with E-state index in [1.165, 1.54) is 5.56 Å². The number of rotatable bonds is 7. The summed E-state index contributed by atoms with van der Waals surface area (Å²) in [4.78, 5) is 25.9. The monoisotopic (exact) mass is 345 g/mol. The van der Waals surface area contributed by atoms with E-state index in [0.717, 1.165) is 37.8 Å². The van der Waals surface area contributed by atoms with Crippen LogP contribution in [-0.4, -0.2) is 40.6 Å². The number of esters is 1. The van der Waals surface area contributed by atoms with Crippen molar-refractivity contribution < 1.29 is 19.4 Å². The number of carbonyl (C=O) groups excluding carboxylic acids is 1. The van der Waals surface area contributed by atoms with Gasteiger partial charge in [-0.1, -0.05) is 31.2 Å². The first-order valence-electron chi connectivity index (χ1n) is 9.22. The van der Waals surface area contributed by atoms with Gasteiger partial charge in [-0.05, 0) is 43.7 Å². The summed E-state index contributed by atoms with van der Waals surface area (Å²) >= 11 is 0. The molecule has 3 atom stereocenters. The van der Waals surface area contributed by atoms with Gasteiger partial charge >= 0.3 is 11.9 Å². The molecule has 1 aromatic carbocycles. The van der Waals surface area contributed by atoms with E-state index < -0.39 is 5.97 Å². The number of fused-ring (bicyclic) bond motifs is 2.